The third-order valence-electron chi connectivity index (χ3n) is 6.59. The van der Waals surface area contributed by atoms with Crippen LogP contribution in [0.4, 0.5) is 10.6 Å². The van der Waals surface area contributed by atoms with Crippen molar-refractivity contribution in [1.29, 1.82) is 0 Å². The number of aromatic nitrogens is 2. The van der Waals surface area contributed by atoms with E-state index in [0.29, 0.717) is 40.1 Å². The van der Waals surface area contributed by atoms with E-state index >= 15 is 0 Å². The second-order valence-electron chi connectivity index (χ2n) is 8.88. The topological polar surface area (TPSA) is 107 Å². The Labute approximate surface area is 214 Å². The third-order valence-corrected chi connectivity index (χ3v) is 6.59. The summed E-state index contributed by atoms with van der Waals surface area (Å²) in [6.45, 7) is 2.05. The normalized spacial score (nSPS) is 13.8. The summed E-state index contributed by atoms with van der Waals surface area (Å²) in [4.78, 5) is 29.2. The van der Waals surface area contributed by atoms with Gasteiger partial charge in [-0.1, -0.05) is 12.1 Å². The zero-order valence-corrected chi connectivity index (χ0v) is 20.8. The number of carbonyl (C=O) groups excluding carboxylic acids is 2. The molecule has 1 aliphatic heterocycles. The standard InChI is InChI=1S/C28H29N5O4/c1-29-28(35)33-14-10-21-15-25(24(36-2)17-23(21)33)37-22-9-13-31-26(16-22)32-27(34)20-5-3-18(4-6-20)19-7-11-30-12-8-19/h3-6,9-10,13-17,19,30H,7-8,11-12H2,1-2H3,(H,29,35)(H,31,32,34). The Morgan fingerprint density at radius 2 is 1.81 bits per heavy atom. The number of benzene rings is 2. The van der Waals surface area contributed by atoms with Crippen molar-refractivity contribution >= 4 is 28.7 Å². The fourth-order valence-corrected chi connectivity index (χ4v) is 4.60. The summed E-state index contributed by atoms with van der Waals surface area (Å²) in [6, 6.07) is 16.3. The fourth-order valence-electron chi connectivity index (χ4n) is 4.60. The summed E-state index contributed by atoms with van der Waals surface area (Å²) >= 11 is 0. The number of nitrogens with zero attached hydrogens (tertiary/aromatic N) is 2. The van der Waals surface area contributed by atoms with Gasteiger partial charge in [0.15, 0.2) is 11.5 Å². The van der Waals surface area contributed by atoms with Crippen LogP contribution in [0.2, 0.25) is 0 Å². The van der Waals surface area contributed by atoms with Crippen LogP contribution in [0.1, 0.15) is 34.7 Å². The van der Waals surface area contributed by atoms with E-state index in [1.54, 1.807) is 43.7 Å². The number of hydrogen-bond acceptors (Lipinski definition) is 6. The molecule has 0 atom stereocenters. The van der Waals surface area contributed by atoms with Crippen LogP contribution in [0, 0.1) is 0 Å². The molecule has 2 aromatic heterocycles. The minimum absolute atomic E-state index is 0.240. The van der Waals surface area contributed by atoms with Crippen molar-refractivity contribution in [2.45, 2.75) is 18.8 Å². The predicted molar refractivity (Wildman–Crippen MR) is 142 cm³/mol. The number of rotatable bonds is 6. The van der Waals surface area contributed by atoms with Crippen LogP contribution >= 0.6 is 0 Å². The summed E-state index contributed by atoms with van der Waals surface area (Å²) in [6.07, 6.45) is 5.48. The second-order valence-corrected chi connectivity index (χ2v) is 8.88. The number of anilines is 1. The first-order valence-corrected chi connectivity index (χ1v) is 12.2. The molecule has 0 bridgehead atoms. The lowest BCUT2D eigenvalue weighted by Gasteiger charge is -2.23. The smallest absolute Gasteiger partial charge is 0.325 e. The summed E-state index contributed by atoms with van der Waals surface area (Å²) in [5.74, 6) is 2.09. The molecule has 0 aliphatic carbocycles. The molecule has 0 radical (unpaired) electrons. The molecule has 9 heteroatoms. The van der Waals surface area contributed by atoms with E-state index in [1.807, 2.05) is 30.3 Å². The highest BCUT2D eigenvalue weighted by atomic mass is 16.5. The number of pyridine rings is 1. The number of fused-ring (bicyclic) bond motifs is 1. The predicted octanol–water partition coefficient (Wildman–Crippen LogP) is 4.74. The molecule has 9 nitrogen and oxygen atoms in total. The molecule has 2 amide bonds. The Hall–Kier alpha value is -4.37. The summed E-state index contributed by atoms with van der Waals surface area (Å²) in [5.41, 5.74) is 2.53. The molecular weight excluding hydrogens is 470 g/mol. The van der Waals surface area contributed by atoms with Gasteiger partial charge in [-0.3, -0.25) is 9.36 Å². The van der Waals surface area contributed by atoms with E-state index in [-0.39, 0.29) is 11.9 Å². The van der Waals surface area contributed by atoms with Crippen molar-refractivity contribution in [3.63, 3.8) is 0 Å². The van der Waals surface area contributed by atoms with Gasteiger partial charge in [-0.15, -0.1) is 0 Å². The van der Waals surface area contributed by atoms with Crippen LogP contribution in [0.15, 0.2) is 67.0 Å². The number of methoxy groups -OCH3 is 1. The van der Waals surface area contributed by atoms with Gasteiger partial charge in [0.25, 0.3) is 5.91 Å². The summed E-state index contributed by atoms with van der Waals surface area (Å²) in [5, 5.41) is 9.65. The van der Waals surface area contributed by atoms with E-state index in [4.69, 9.17) is 9.47 Å². The first kappa shape index (κ1) is 24.3. The molecule has 1 saturated heterocycles. The lowest BCUT2D eigenvalue weighted by Crippen LogP contribution is -2.26. The minimum atomic E-state index is -0.249. The lowest BCUT2D eigenvalue weighted by molar-refractivity contribution is 0.102. The average molecular weight is 500 g/mol. The number of amides is 2. The quantitative estimate of drug-likeness (QED) is 0.354. The molecule has 3 N–H and O–H groups in total. The van der Waals surface area contributed by atoms with Gasteiger partial charge in [0.2, 0.25) is 0 Å². The molecule has 0 unspecified atom stereocenters. The largest absolute Gasteiger partial charge is 0.493 e. The highest BCUT2D eigenvalue weighted by Crippen LogP contribution is 2.36. The Morgan fingerprint density at radius 3 is 2.54 bits per heavy atom. The minimum Gasteiger partial charge on any atom is -0.493 e. The Bertz CT molecular complexity index is 1420. The van der Waals surface area contributed by atoms with Gasteiger partial charge >= 0.3 is 6.03 Å². The van der Waals surface area contributed by atoms with Crippen molar-refractivity contribution < 1.29 is 19.1 Å². The zero-order chi connectivity index (χ0) is 25.8. The number of ether oxygens (including phenoxy) is 2. The van der Waals surface area contributed by atoms with Gasteiger partial charge in [0.1, 0.15) is 11.6 Å². The van der Waals surface area contributed by atoms with Gasteiger partial charge in [0, 0.05) is 42.5 Å². The fraction of sp³-hybridized carbons (Fsp3) is 0.250. The SMILES string of the molecule is CNC(=O)n1ccc2cc(Oc3ccnc(NC(=O)c4ccc(C5CCNCC5)cc4)c3)c(OC)cc21. The Balaban J connectivity index is 1.31. The number of hydrogen-bond donors (Lipinski definition) is 3. The van der Waals surface area contributed by atoms with Crippen LogP contribution in [0.25, 0.3) is 10.9 Å². The first-order chi connectivity index (χ1) is 18.1. The van der Waals surface area contributed by atoms with Gasteiger partial charge in [-0.25, -0.2) is 9.78 Å². The molecule has 37 heavy (non-hydrogen) atoms. The van der Waals surface area contributed by atoms with Gasteiger partial charge in [0.05, 0.1) is 12.6 Å². The maximum Gasteiger partial charge on any atom is 0.325 e. The van der Waals surface area contributed by atoms with Crippen LogP contribution < -0.4 is 25.4 Å². The van der Waals surface area contributed by atoms with Crippen LogP contribution in [-0.2, 0) is 0 Å². The molecule has 5 rings (SSSR count). The van der Waals surface area contributed by atoms with E-state index in [1.165, 1.54) is 17.2 Å². The van der Waals surface area contributed by atoms with Gasteiger partial charge in [-0.05, 0) is 67.7 Å². The maximum absolute atomic E-state index is 12.8. The lowest BCUT2D eigenvalue weighted by atomic mass is 9.90. The van der Waals surface area contributed by atoms with Crippen LogP contribution in [0.3, 0.4) is 0 Å². The van der Waals surface area contributed by atoms with E-state index in [0.717, 1.165) is 31.3 Å². The molecule has 190 valence electrons. The van der Waals surface area contributed by atoms with Crippen molar-refractivity contribution in [2.24, 2.45) is 0 Å². The van der Waals surface area contributed by atoms with Crippen molar-refractivity contribution in [3.05, 3.63) is 78.1 Å². The molecular formula is C28H29N5O4. The van der Waals surface area contributed by atoms with Crippen molar-refractivity contribution in [3.8, 4) is 17.2 Å². The highest BCUT2D eigenvalue weighted by Gasteiger charge is 2.17. The van der Waals surface area contributed by atoms with Gasteiger partial charge < -0.3 is 25.4 Å². The van der Waals surface area contributed by atoms with Crippen LogP contribution in [-0.4, -0.2) is 48.7 Å². The number of carbonyl (C=O) groups is 2. The van der Waals surface area contributed by atoms with Crippen molar-refractivity contribution in [1.82, 2.24) is 20.2 Å². The van der Waals surface area contributed by atoms with E-state index < -0.39 is 0 Å². The Kier molecular flexibility index (Phi) is 7.04. The number of piperidine rings is 1. The Morgan fingerprint density at radius 1 is 1.03 bits per heavy atom. The average Bonchev–Trinajstić information content (AvgIpc) is 3.35. The monoisotopic (exact) mass is 499 g/mol. The van der Waals surface area contributed by atoms with E-state index in [9.17, 15) is 9.59 Å². The van der Waals surface area contributed by atoms with Crippen molar-refractivity contribution in [2.75, 3.05) is 32.6 Å². The second kappa shape index (κ2) is 10.7. The van der Waals surface area contributed by atoms with Gasteiger partial charge in [-0.2, -0.15) is 0 Å². The molecule has 1 fully saturated rings. The maximum atomic E-state index is 12.8. The zero-order valence-electron chi connectivity index (χ0n) is 20.8. The highest BCUT2D eigenvalue weighted by molar-refractivity contribution is 6.03. The molecule has 0 saturated carbocycles. The molecule has 0 spiro atoms. The van der Waals surface area contributed by atoms with E-state index in [2.05, 4.69) is 20.9 Å². The molecule has 3 heterocycles. The number of nitrogens with one attached hydrogen (secondary N) is 3. The molecule has 4 aromatic rings. The molecule has 2 aromatic carbocycles. The first-order valence-electron chi connectivity index (χ1n) is 12.2. The third kappa shape index (κ3) is 5.26. The van der Waals surface area contributed by atoms with Crippen LogP contribution in [0.5, 0.6) is 17.2 Å². The molecule has 1 aliphatic rings. The summed E-state index contributed by atoms with van der Waals surface area (Å²) < 4.78 is 13.1. The summed E-state index contributed by atoms with van der Waals surface area (Å²) in [7, 11) is 3.11.